The van der Waals surface area contributed by atoms with E-state index in [1.165, 1.54) is 3.97 Å². The number of aromatic nitrogens is 1. The highest BCUT2D eigenvalue weighted by molar-refractivity contribution is 7.90. The summed E-state index contributed by atoms with van der Waals surface area (Å²) in [5, 5.41) is 0.733. The molecule has 0 bridgehead atoms. The second kappa shape index (κ2) is 6.03. The molecule has 0 unspecified atom stereocenters. The third kappa shape index (κ3) is 2.39. The zero-order valence-corrected chi connectivity index (χ0v) is 15.7. The topological polar surface area (TPSA) is 60.8 Å². The first-order valence-electron chi connectivity index (χ1n) is 8.30. The molecule has 1 aromatic heterocycles. The Bertz CT molecular complexity index is 1100. The Morgan fingerprint density at radius 2 is 1.88 bits per heavy atom. The molecule has 136 valence electrons. The standard InChI is InChI=1S/C19H20N2O4S/c1-20(2)10-11-25-19-15-12-13(24-3)8-9-16(15)21-18(19)14-6-4-5-7-17(14)26(21,22)23/h4-9,12H,10-11H2,1-3H3. The van der Waals surface area contributed by atoms with Crippen molar-refractivity contribution < 1.29 is 17.9 Å². The monoisotopic (exact) mass is 372 g/mol. The predicted molar refractivity (Wildman–Crippen MR) is 101 cm³/mol. The Morgan fingerprint density at radius 1 is 1.12 bits per heavy atom. The summed E-state index contributed by atoms with van der Waals surface area (Å²) in [5.41, 5.74) is 1.85. The van der Waals surface area contributed by atoms with E-state index in [2.05, 4.69) is 0 Å². The van der Waals surface area contributed by atoms with E-state index in [1.54, 1.807) is 31.4 Å². The molecule has 0 radical (unpaired) electrons. The van der Waals surface area contributed by atoms with Gasteiger partial charge in [0.05, 0.1) is 17.5 Å². The third-order valence-corrected chi connectivity index (χ3v) is 6.30. The quantitative estimate of drug-likeness (QED) is 0.539. The van der Waals surface area contributed by atoms with Gasteiger partial charge in [-0.15, -0.1) is 0 Å². The van der Waals surface area contributed by atoms with Crippen molar-refractivity contribution in [1.29, 1.82) is 0 Å². The maximum absolute atomic E-state index is 13.1. The fourth-order valence-electron chi connectivity index (χ4n) is 3.28. The normalized spacial score (nSPS) is 14.5. The van der Waals surface area contributed by atoms with Crippen LogP contribution in [0.2, 0.25) is 0 Å². The van der Waals surface area contributed by atoms with Gasteiger partial charge in [0.25, 0.3) is 10.0 Å². The van der Waals surface area contributed by atoms with E-state index >= 15 is 0 Å². The van der Waals surface area contributed by atoms with Crippen molar-refractivity contribution in [3.8, 4) is 22.8 Å². The molecule has 2 heterocycles. The fourth-order valence-corrected chi connectivity index (χ4v) is 5.01. The van der Waals surface area contributed by atoms with Crippen LogP contribution in [0.15, 0.2) is 47.4 Å². The van der Waals surface area contributed by atoms with Gasteiger partial charge in [-0.2, -0.15) is 0 Å². The van der Waals surface area contributed by atoms with Crippen LogP contribution in [-0.4, -0.2) is 51.6 Å². The molecule has 0 saturated carbocycles. The highest BCUT2D eigenvalue weighted by Crippen LogP contribution is 2.49. The predicted octanol–water partition coefficient (Wildman–Crippen LogP) is 2.81. The highest BCUT2D eigenvalue weighted by Gasteiger charge is 2.37. The number of fused-ring (bicyclic) bond motifs is 5. The van der Waals surface area contributed by atoms with E-state index in [-0.39, 0.29) is 0 Å². The summed E-state index contributed by atoms with van der Waals surface area (Å²) in [6, 6.07) is 12.4. The van der Waals surface area contributed by atoms with E-state index < -0.39 is 10.0 Å². The molecule has 0 atom stereocenters. The van der Waals surface area contributed by atoms with Crippen LogP contribution in [0.5, 0.6) is 11.5 Å². The van der Waals surface area contributed by atoms with Crippen LogP contribution < -0.4 is 9.47 Å². The Balaban J connectivity index is 2.00. The maximum Gasteiger partial charge on any atom is 0.269 e. The van der Waals surface area contributed by atoms with Gasteiger partial charge < -0.3 is 14.4 Å². The van der Waals surface area contributed by atoms with Crippen molar-refractivity contribution >= 4 is 20.9 Å². The summed E-state index contributed by atoms with van der Waals surface area (Å²) < 4.78 is 39.0. The minimum absolute atomic E-state index is 0.310. The smallest absolute Gasteiger partial charge is 0.269 e. The zero-order valence-electron chi connectivity index (χ0n) is 14.9. The molecule has 0 fully saturated rings. The van der Waals surface area contributed by atoms with Gasteiger partial charge in [-0.3, -0.25) is 0 Å². The number of hydrogen-bond acceptors (Lipinski definition) is 5. The van der Waals surface area contributed by atoms with Crippen LogP contribution in [0.3, 0.4) is 0 Å². The van der Waals surface area contributed by atoms with Gasteiger partial charge in [0.1, 0.15) is 18.1 Å². The third-order valence-electron chi connectivity index (χ3n) is 4.53. The molecule has 0 spiro atoms. The molecule has 0 saturated heterocycles. The number of nitrogens with zero attached hydrogens (tertiary/aromatic N) is 2. The second-order valence-electron chi connectivity index (χ2n) is 6.48. The first kappa shape index (κ1) is 16.9. The molecule has 26 heavy (non-hydrogen) atoms. The van der Waals surface area contributed by atoms with Crippen molar-refractivity contribution in [3.63, 3.8) is 0 Å². The molecule has 1 aliphatic heterocycles. The van der Waals surface area contributed by atoms with Crippen LogP contribution in [0.1, 0.15) is 0 Å². The van der Waals surface area contributed by atoms with Crippen LogP contribution in [0.4, 0.5) is 0 Å². The maximum atomic E-state index is 13.1. The molecule has 3 aromatic rings. The number of ether oxygens (including phenoxy) is 2. The molecule has 0 amide bonds. The summed E-state index contributed by atoms with van der Waals surface area (Å²) in [4.78, 5) is 2.33. The first-order chi connectivity index (χ1) is 12.4. The molecular formula is C19H20N2O4S. The largest absolute Gasteiger partial charge is 0.497 e. The van der Waals surface area contributed by atoms with E-state index in [4.69, 9.17) is 9.47 Å². The summed E-state index contributed by atoms with van der Waals surface area (Å²) in [7, 11) is 1.87. The summed E-state index contributed by atoms with van der Waals surface area (Å²) in [6.45, 7) is 1.18. The van der Waals surface area contributed by atoms with Crippen LogP contribution in [0.25, 0.3) is 22.2 Å². The lowest BCUT2D eigenvalue weighted by molar-refractivity contribution is 0.264. The van der Waals surface area contributed by atoms with Crippen LogP contribution >= 0.6 is 0 Å². The van der Waals surface area contributed by atoms with Crippen molar-refractivity contribution in [3.05, 3.63) is 42.5 Å². The van der Waals surface area contributed by atoms with Crippen LogP contribution in [0, 0.1) is 0 Å². The lowest BCUT2D eigenvalue weighted by Gasteiger charge is -2.12. The van der Waals surface area contributed by atoms with E-state index in [0.717, 1.165) is 11.9 Å². The average Bonchev–Trinajstić information content (AvgIpc) is 3.06. The Morgan fingerprint density at radius 3 is 2.62 bits per heavy atom. The Kier molecular flexibility index (Phi) is 3.93. The van der Waals surface area contributed by atoms with Crippen molar-refractivity contribution in [1.82, 2.24) is 8.87 Å². The number of rotatable bonds is 5. The zero-order chi connectivity index (χ0) is 18.5. The van der Waals surface area contributed by atoms with E-state index in [1.807, 2.05) is 37.2 Å². The molecule has 0 aliphatic carbocycles. The minimum atomic E-state index is -3.65. The van der Waals surface area contributed by atoms with Gasteiger partial charge in [-0.05, 0) is 38.4 Å². The Hall–Kier alpha value is -2.51. The molecule has 6 nitrogen and oxygen atoms in total. The summed E-state index contributed by atoms with van der Waals surface area (Å²) in [5.74, 6) is 1.24. The van der Waals surface area contributed by atoms with Gasteiger partial charge in [0, 0.05) is 17.5 Å². The number of methoxy groups -OCH3 is 1. The SMILES string of the molecule is COc1ccc2c(c1)c(OCCN(C)C)c1n2S(=O)(=O)c2ccccc2-1. The molecule has 4 rings (SSSR count). The van der Waals surface area contributed by atoms with Gasteiger partial charge in [-0.25, -0.2) is 12.4 Å². The number of benzene rings is 2. The van der Waals surface area contributed by atoms with Crippen molar-refractivity contribution in [2.75, 3.05) is 34.4 Å². The minimum Gasteiger partial charge on any atom is -0.497 e. The molecule has 1 aliphatic rings. The number of likely N-dealkylation sites (N-methyl/N-ethyl adjacent to an activating group) is 1. The lowest BCUT2D eigenvalue weighted by atomic mass is 10.1. The molecule has 7 heteroatoms. The molecular weight excluding hydrogens is 352 g/mol. The Labute approximate surface area is 152 Å². The van der Waals surface area contributed by atoms with Gasteiger partial charge in [-0.1, -0.05) is 18.2 Å². The van der Waals surface area contributed by atoms with Crippen molar-refractivity contribution in [2.24, 2.45) is 0 Å². The highest BCUT2D eigenvalue weighted by atomic mass is 32.2. The first-order valence-corrected chi connectivity index (χ1v) is 9.74. The molecule has 2 aromatic carbocycles. The van der Waals surface area contributed by atoms with Crippen LogP contribution in [-0.2, 0) is 10.0 Å². The van der Waals surface area contributed by atoms with E-state index in [0.29, 0.717) is 39.8 Å². The summed E-state index contributed by atoms with van der Waals surface area (Å²) in [6.07, 6.45) is 0. The second-order valence-corrected chi connectivity index (χ2v) is 8.23. The lowest BCUT2D eigenvalue weighted by Crippen LogP contribution is -2.19. The van der Waals surface area contributed by atoms with Gasteiger partial charge in [0.15, 0.2) is 5.75 Å². The average molecular weight is 372 g/mol. The van der Waals surface area contributed by atoms with Gasteiger partial charge in [0.2, 0.25) is 0 Å². The molecule has 0 N–H and O–H groups in total. The van der Waals surface area contributed by atoms with Gasteiger partial charge >= 0.3 is 0 Å². The van der Waals surface area contributed by atoms with E-state index in [9.17, 15) is 8.42 Å². The van der Waals surface area contributed by atoms with Crippen molar-refractivity contribution in [2.45, 2.75) is 4.90 Å². The summed E-state index contributed by atoms with van der Waals surface area (Å²) >= 11 is 0. The number of hydrogen-bond donors (Lipinski definition) is 0. The fraction of sp³-hybridized carbons (Fsp3) is 0.263.